The molecule has 0 aliphatic heterocycles. The van der Waals surface area contributed by atoms with Crippen molar-refractivity contribution in [2.24, 2.45) is 0 Å². The first-order valence-corrected chi connectivity index (χ1v) is 6.35. The second kappa shape index (κ2) is 4.98. The molecule has 0 atom stereocenters. The molecular formula is C15H10ClFN2O. The van der Waals surface area contributed by atoms with Gasteiger partial charge in [-0.2, -0.15) is 0 Å². The number of hydrogen-bond donors (Lipinski definition) is 1. The van der Waals surface area contributed by atoms with Crippen LogP contribution in [0.2, 0.25) is 5.02 Å². The lowest BCUT2D eigenvalue weighted by Gasteiger charge is -2.00. The van der Waals surface area contributed by atoms with E-state index in [2.05, 4.69) is 4.98 Å². The molecule has 1 aromatic heterocycles. The fourth-order valence-electron chi connectivity index (χ4n) is 1.97. The number of nitrogens with zero attached hydrogens (tertiary/aromatic N) is 1. The van der Waals surface area contributed by atoms with Crippen LogP contribution in [0.25, 0.3) is 16.9 Å². The van der Waals surface area contributed by atoms with Crippen LogP contribution in [0, 0.1) is 5.82 Å². The highest BCUT2D eigenvalue weighted by Crippen LogP contribution is 2.18. The summed E-state index contributed by atoms with van der Waals surface area (Å²) in [6.45, 7) is 0. The van der Waals surface area contributed by atoms with Gasteiger partial charge < -0.3 is 4.98 Å². The molecule has 0 saturated carbocycles. The summed E-state index contributed by atoms with van der Waals surface area (Å²) in [4.78, 5) is 14.7. The minimum absolute atomic E-state index is 0.258. The van der Waals surface area contributed by atoms with Gasteiger partial charge in [-0.1, -0.05) is 11.6 Å². The Balaban J connectivity index is 2.05. The van der Waals surface area contributed by atoms with Crippen molar-refractivity contribution >= 4 is 11.6 Å². The van der Waals surface area contributed by atoms with E-state index in [9.17, 15) is 9.18 Å². The van der Waals surface area contributed by atoms with Gasteiger partial charge in [-0.25, -0.2) is 9.18 Å². The van der Waals surface area contributed by atoms with Gasteiger partial charge in [0.15, 0.2) is 0 Å². The molecule has 2 aromatic carbocycles. The summed E-state index contributed by atoms with van der Waals surface area (Å²) < 4.78 is 14.4. The Morgan fingerprint density at radius 3 is 2.30 bits per heavy atom. The zero-order chi connectivity index (χ0) is 14.1. The highest BCUT2D eigenvalue weighted by molar-refractivity contribution is 6.30. The molecule has 0 radical (unpaired) electrons. The van der Waals surface area contributed by atoms with Crippen LogP contribution in [0.4, 0.5) is 4.39 Å². The molecule has 0 saturated heterocycles. The minimum atomic E-state index is -0.312. The molecule has 0 unspecified atom stereocenters. The number of H-pyrrole nitrogens is 1. The van der Waals surface area contributed by atoms with Crippen LogP contribution in [0.3, 0.4) is 0 Å². The Labute approximate surface area is 119 Å². The zero-order valence-corrected chi connectivity index (χ0v) is 11.1. The summed E-state index contributed by atoms with van der Waals surface area (Å²) in [5, 5.41) is 0.607. The molecule has 0 aliphatic rings. The Hall–Kier alpha value is -2.33. The van der Waals surface area contributed by atoms with Crippen LogP contribution in [0.1, 0.15) is 0 Å². The summed E-state index contributed by atoms with van der Waals surface area (Å²) in [5.41, 5.74) is 1.83. The van der Waals surface area contributed by atoms with E-state index in [4.69, 9.17) is 11.6 Å². The number of imidazole rings is 1. The summed E-state index contributed by atoms with van der Waals surface area (Å²) in [7, 11) is 0. The van der Waals surface area contributed by atoms with Gasteiger partial charge in [0.25, 0.3) is 0 Å². The van der Waals surface area contributed by atoms with Crippen molar-refractivity contribution in [3.05, 3.63) is 76.1 Å². The summed E-state index contributed by atoms with van der Waals surface area (Å²) in [6.07, 6.45) is 1.68. The first-order valence-electron chi connectivity index (χ1n) is 5.97. The first kappa shape index (κ1) is 12.7. The molecule has 20 heavy (non-hydrogen) atoms. The number of benzene rings is 2. The summed E-state index contributed by atoms with van der Waals surface area (Å²) in [6, 6.07) is 12.9. The van der Waals surface area contributed by atoms with Crippen molar-refractivity contribution in [1.82, 2.24) is 9.55 Å². The van der Waals surface area contributed by atoms with Gasteiger partial charge in [0, 0.05) is 11.2 Å². The van der Waals surface area contributed by atoms with Crippen molar-refractivity contribution in [2.45, 2.75) is 0 Å². The third-order valence-electron chi connectivity index (χ3n) is 2.98. The number of hydrogen-bond acceptors (Lipinski definition) is 1. The smallest absolute Gasteiger partial charge is 0.305 e. The SMILES string of the molecule is O=c1[nH]c(-c2ccc(F)cc2)cn1-c1ccc(Cl)cc1. The van der Waals surface area contributed by atoms with Crippen LogP contribution in [-0.2, 0) is 0 Å². The maximum atomic E-state index is 12.9. The first-order chi connectivity index (χ1) is 9.63. The average molecular weight is 289 g/mol. The topological polar surface area (TPSA) is 37.8 Å². The molecule has 3 rings (SSSR count). The molecule has 5 heteroatoms. The number of aromatic amines is 1. The van der Waals surface area contributed by atoms with Crippen LogP contribution in [-0.4, -0.2) is 9.55 Å². The van der Waals surface area contributed by atoms with Crippen molar-refractivity contribution in [2.75, 3.05) is 0 Å². The predicted molar refractivity (Wildman–Crippen MR) is 76.8 cm³/mol. The lowest BCUT2D eigenvalue weighted by atomic mass is 10.2. The van der Waals surface area contributed by atoms with E-state index in [1.165, 1.54) is 16.7 Å². The molecular weight excluding hydrogens is 279 g/mol. The number of halogens is 2. The Morgan fingerprint density at radius 2 is 1.65 bits per heavy atom. The highest BCUT2D eigenvalue weighted by Gasteiger charge is 2.07. The predicted octanol–water partition coefficient (Wildman–Crippen LogP) is 3.63. The van der Waals surface area contributed by atoms with Crippen LogP contribution >= 0.6 is 11.6 Å². The van der Waals surface area contributed by atoms with Crippen LogP contribution in [0.15, 0.2) is 59.5 Å². The molecule has 1 heterocycles. The fourth-order valence-corrected chi connectivity index (χ4v) is 2.09. The van der Waals surface area contributed by atoms with E-state index >= 15 is 0 Å². The molecule has 1 N–H and O–H groups in total. The van der Waals surface area contributed by atoms with Gasteiger partial charge >= 0.3 is 5.69 Å². The van der Waals surface area contributed by atoms with Crippen molar-refractivity contribution in [1.29, 1.82) is 0 Å². The summed E-state index contributed by atoms with van der Waals surface area (Å²) >= 11 is 5.82. The third kappa shape index (κ3) is 2.38. The highest BCUT2D eigenvalue weighted by atomic mass is 35.5. The Kier molecular flexibility index (Phi) is 3.16. The third-order valence-corrected chi connectivity index (χ3v) is 3.23. The van der Waals surface area contributed by atoms with Gasteiger partial charge in [0.05, 0.1) is 11.4 Å². The monoisotopic (exact) mass is 288 g/mol. The van der Waals surface area contributed by atoms with Gasteiger partial charge in [0.1, 0.15) is 5.82 Å². The van der Waals surface area contributed by atoms with E-state index in [-0.39, 0.29) is 11.5 Å². The van der Waals surface area contributed by atoms with E-state index in [1.807, 2.05) is 0 Å². The molecule has 3 nitrogen and oxygen atoms in total. The summed E-state index contributed by atoms with van der Waals surface area (Å²) in [5.74, 6) is -0.312. The van der Waals surface area contributed by atoms with Crippen molar-refractivity contribution in [3.63, 3.8) is 0 Å². The lowest BCUT2D eigenvalue weighted by molar-refractivity contribution is 0.628. The molecule has 0 aliphatic carbocycles. The van der Waals surface area contributed by atoms with Crippen molar-refractivity contribution < 1.29 is 4.39 Å². The minimum Gasteiger partial charge on any atom is -0.305 e. The maximum Gasteiger partial charge on any atom is 0.330 e. The largest absolute Gasteiger partial charge is 0.330 e. The molecule has 100 valence electrons. The van der Waals surface area contributed by atoms with E-state index in [1.54, 1.807) is 42.6 Å². The van der Waals surface area contributed by atoms with Crippen LogP contribution in [0.5, 0.6) is 0 Å². The van der Waals surface area contributed by atoms with Crippen molar-refractivity contribution in [3.8, 4) is 16.9 Å². The molecule has 0 amide bonds. The molecule has 0 fully saturated rings. The molecule has 0 spiro atoms. The quantitative estimate of drug-likeness (QED) is 0.768. The number of aromatic nitrogens is 2. The normalized spacial score (nSPS) is 10.7. The van der Waals surface area contributed by atoms with Crippen LogP contribution < -0.4 is 5.69 Å². The average Bonchev–Trinajstić information content (AvgIpc) is 2.82. The molecule has 0 bridgehead atoms. The van der Waals surface area contributed by atoms with E-state index < -0.39 is 0 Å². The number of rotatable bonds is 2. The fraction of sp³-hybridized carbons (Fsp3) is 0. The van der Waals surface area contributed by atoms with E-state index in [0.717, 1.165) is 5.56 Å². The lowest BCUT2D eigenvalue weighted by Crippen LogP contribution is -2.13. The molecule has 3 aromatic rings. The standard InChI is InChI=1S/C15H10ClFN2O/c16-11-3-7-13(8-4-11)19-9-14(18-15(19)20)10-1-5-12(17)6-2-10/h1-9H,(H,18,20). The Morgan fingerprint density at radius 1 is 1.00 bits per heavy atom. The second-order valence-electron chi connectivity index (χ2n) is 4.33. The number of nitrogens with one attached hydrogen (secondary N) is 1. The Bertz CT molecular complexity index is 788. The zero-order valence-electron chi connectivity index (χ0n) is 10.3. The van der Waals surface area contributed by atoms with Gasteiger partial charge in [-0.15, -0.1) is 0 Å². The van der Waals surface area contributed by atoms with Gasteiger partial charge in [-0.05, 0) is 54.1 Å². The van der Waals surface area contributed by atoms with Gasteiger partial charge in [-0.3, -0.25) is 4.57 Å². The maximum absolute atomic E-state index is 12.9. The second-order valence-corrected chi connectivity index (χ2v) is 4.76. The van der Waals surface area contributed by atoms with E-state index in [0.29, 0.717) is 16.4 Å². The van der Waals surface area contributed by atoms with Gasteiger partial charge in [0.2, 0.25) is 0 Å².